The second-order valence-electron chi connectivity index (χ2n) is 6.11. The number of hydrogen-bond donors (Lipinski definition) is 1. The summed E-state index contributed by atoms with van der Waals surface area (Å²) in [5, 5.41) is 16.6. The first kappa shape index (κ1) is 18.2. The Hall–Kier alpha value is -3.60. The molecule has 0 spiro atoms. The maximum atomic E-state index is 12.3. The number of hydrogen-bond acceptors (Lipinski definition) is 5. The lowest BCUT2D eigenvalue weighted by Crippen LogP contribution is -2.08. The zero-order chi connectivity index (χ0) is 19.7. The van der Waals surface area contributed by atoms with Gasteiger partial charge < -0.3 is 14.6 Å². The van der Waals surface area contributed by atoms with E-state index in [9.17, 15) is 14.9 Å². The second kappa shape index (κ2) is 6.96. The molecule has 27 heavy (non-hydrogen) atoms. The van der Waals surface area contributed by atoms with E-state index in [1.54, 1.807) is 18.5 Å². The quantitative estimate of drug-likeness (QED) is 0.716. The van der Waals surface area contributed by atoms with Crippen LogP contribution in [0.1, 0.15) is 35.3 Å². The predicted octanol–water partition coefficient (Wildman–Crippen LogP) is 2.66. The molecule has 3 rings (SSSR count). The summed E-state index contributed by atoms with van der Waals surface area (Å²) in [6.45, 7) is 5.27. The van der Waals surface area contributed by atoms with Gasteiger partial charge in [0.1, 0.15) is 11.6 Å². The van der Waals surface area contributed by atoms with Gasteiger partial charge in [-0.1, -0.05) is 12.1 Å². The van der Waals surface area contributed by atoms with E-state index in [0.29, 0.717) is 17.2 Å². The first-order valence-corrected chi connectivity index (χ1v) is 8.41. The lowest BCUT2D eigenvalue weighted by Gasteiger charge is -2.09. The van der Waals surface area contributed by atoms with Crippen molar-refractivity contribution in [2.24, 2.45) is 7.05 Å². The number of nitrogens with one attached hydrogen (secondary N) is 1. The summed E-state index contributed by atoms with van der Waals surface area (Å²) in [6.07, 6.45) is 1.51. The standard InChI is InChI=1S/C19H19N5O3/c1-5-27-19(26)16-14(9-20)10-24-18(16)23(4)17(22-24)13-7-6-11(2)15(8-13)21-12(3)25/h6-8,10H,5H2,1-4H3,(H,21,25). The van der Waals surface area contributed by atoms with Crippen molar-refractivity contribution in [1.82, 2.24) is 14.2 Å². The van der Waals surface area contributed by atoms with Gasteiger partial charge in [-0.3, -0.25) is 4.79 Å². The van der Waals surface area contributed by atoms with Crippen LogP contribution in [0.3, 0.4) is 0 Å². The Balaban J connectivity index is 2.18. The van der Waals surface area contributed by atoms with E-state index >= 15 is 0 Å². The Morgan fingerprint density at radius 3 is 2.74 bits per heavy atom. The van der Waals surface area contributed by atoms with Gasteiger partial charge in [0.2, 0.25) is 5.91 Å². The van der Waals surface area contributed by atoms with Crippen LogP contribution < -0.4 is 5.32 Å². The zero-order valence-electron chi connectivity index (χ0n) is 15.5. The van der Waals surface area contributed by atoms with Crippen molar-refractivity contribution in [3.05, 3.63) is 41.1 Å². The normalized spacial score (nSPS) is 10.6. The van der Waals surface area contributed by atoms with Crippen molar-refractivity contribution in [2.75, 3.05) is 11.9 Å². The molecule has 2 heterocycles. The number of fused-ring (bicyclic) bond motifs is 1. The van der Waals surface area contributed by atoms with Crippen molar-refractivity contribution in [3.63, 3.8) is 0 Å². The van der Waals surface area contributed by atoms with Crippen LogP contribution in [0, 0.1) is 18.3 Å². The number of rotatable bonds is 4. The third kappa shape index (κ3) is 3.15. The van der Waals surface area contributed by atoms with Crippen LogP contribution >= 0.6 is 0 Å². The molecular formula is C19H19N5O3. The van der Waals surface area contributed by atoms with Gasteiger partial charge in [0, 0.05) is 31.4 Å². The van der Waals surface area contributed by atoms with Crippen LogP contribution in [0.5, 0.6) is 0 Å². The van der Waals surface area contributed by atoms with Crippen LogP contribution in [0.15, 0.2) is 24.4 Å². The highest BCUT2D eigenvalue weighted by Crippen LogP contribution is 2.28. The maximum Gasteiger partial charge on any atom is 0.343 e. The molecule has 138 valence electrons. The molecule has 8 heteroatoms. The number of nitrogens with zero attached hydrogens (tertiary/aromatic N) is 4. The summed E-state index contributed by atoms with van der Waals surface area (Å²) in [6, 6.07) is 7.61. The number of carbonyl (C=O) groups excluding carboxylic acids is 2. The van der Waals surface area contributed by atoms with Crippen molar-refractivity contribution >= 4 is 23.2 Å². The average molecular weight is 365 g/mol. The van der Waals surface area contributed by atoms with Gasteiger partial charge in [0.15, 0.2) is 11.5 Å². The number of esters is 1. The third-order valence-corrected chi connectivity index (χ3v) is 4.21. The van der Waals surface area contributed by atoms with Crippen LogP contribution in [0.4, 0.5) is 5.69 Å². The number of carbonyl (C=O) groups is 2. The first-order valence-electron chi connectivity index (χ1n) is 8.41. The number of aryl methyl sites for hydroxylation is 2. The van der Waals surface area contributed by atoms with E-state index in [4.69, 9.17) is 4.74 Å². The van der Waals surface area contributed by atoms with Crippen LogP contribution in [0.25, 0.3) is 17.0 Å². The summed E-state index contributed by atoms with van der Waals surface area (Å²) < 4.78 is 8.32. The van der Waals surface area contributed by atoms with E-state index in [1.165, 1.54) is 17.6 Å². The van der Waals surface area contributed by atoms with Gasteiger partial charge in [-0.05, 0) is 25.5 Å². The van der Waals surface area contributed by atoms with Gasteiger partial charge in [0.25, 0.3) is 0 Å². The number of benzene rings is 1. The smallest absolute Gasteiger partial charge is 0.343 e. The van der Waals surface area contributed by atoms with Crippen molar-refractivity contribution in [1.29, 1.82) is 5.26 Å². The molecule has 0 atom stereocenters. The molecule has 0 aliphatic rings. The molecular weight excluding hydrogens is 346 g/mol. The fraction of sp³-hybridized carbons (Fsp3) is 0.263. The summed E-state index contributed by atoms with van der Waals surface area (Å²) >= 11 is 0. The summed E-state index contributed by atoms with van der Waals surface area (Å²) in [5.74, 6) is -0.132. The van der Waals surface area contributed by atoms with Crippen LogP contribution in [0.2, 0.25) is 0 Å². The van der Waals surface area contributed by atoms with Crippen molar-refractivity contribution < 1.29 is 14.3 Å². The highest BCUT2D eigenvalue weighted by atomic mass is 16.5. The van der Waals surface area contributed by atoms with E-state index in [1.807, 2.05) is 31.2 Å². The molecule has 0 unspecified atom stereocenters. The third-order valence-electron chi connectivity index (χ3n) is 4.21. The lowest BCUT2D eigenvalue weighted by molar-refractivity contribution is -0.114. The minimum atomic E-state index is -0.561. The fourth-order valence-electron chi connectivity index (χ4n) is 2.98. The fourth-order valence-corrected chi connectivity index (χ4v) is 2.98. The molecule has 0 aliphatic carbocycles. The number of anilines is 1. The molecule has 0 radical (unpaired) electrons. The monoisotopic (exact) mass is 365 g/mol. The molecule has 0 saturated carbocycles. The van der Waals surface area contributed by atoms with Gasteiger partial charge >= 0.3 is 5.97 Å². The zero-order valence-corrected chi connectivity index (χ0v) is 15.5. The Kier molecular flexibility index (Phi) is 4.69. The van der Waals surface area contributed by atoms with E-state index in [-0.39, 0.29) is 23.6 Å². The lowest BCUT2D eigenvalue weighted by atomic mass is 10.1. The molecule has 8 nitrogen and oxygen atoms in total. The van der Waals surface area contributed by atoms with E-state index < -0.39 is 5.97 Å². The molecule has 0 aliphatic heterocycles. The minimum Gasteiger partial charge on any atom is -0.462 e. The summed E-state index contributed by atoms with van der Waals surface area (Å²) in [7, 11) is 1.76. The Morgan fingerprint density at radius 1 is 1.37 bits per heavy atom. The molecule has 1 aromatic carbocycles. The Labute approximate surface area is 156 Å². The van der Waals surface area contributed by atoms with E-state index in [0.717, 1.165) is 11.1 Å². The molecule has 1 N–H and O–H groups in total. The van der Waals surface area contributed by atoms with Crippen molar-refractivity contribution in [3.8, 4) is 17.5 Å². The van der Waals surface area contributed by atoms with Gasteiger partial charge in [-0.15, -0.1) is 5.10 Å². The molecule has 0 bridgehead atoms. The van der Waals surface area contributed by atoms with Crippen molar-refractivity contribution in [2.45, 2.75) is 20.8 Å². The largest absolute Gasteiger partial charge is 0.462 e. The SMILES string of the molecule is CCOC(=O)c1c(C#N)cn2nc(-c3ccc(C)c(NC(C)=O)c3)n(C)c12. The average Bonchev–Trinajstić information content (AvgIpc) is 3.13. The van der Waals surface area contributed by atoms with Gasteiger partial charge in [0.05, 0.1) is 12.2 Å². The highest BCUT2D eigenvalue weighted by molar-refractivity contribution is 5.99. The molecule has 2 aromatic heterocycles. The molecule has 3 aromatic rings. The van der Waals surface area contributed by atoms with Crippen LogP contribution in [-0.4, -0.2) is 32.7 Å². The van der Waals surface area contributed by atoms with E-state index in [2.05, 4.69) is 10.4 Å². The number of nitriles is 1. The molecule has 0 saturated heterocycles. The van der Waals surface area contributed by atoms with Gasteiger partial charge in [-0.25, -0.2) is 9.31 Å². The number of ether oxygens (including phenoxy) is 1. The maximum absolute atomic E-state index is 12.3. The minimum absolute atomic E-state index is 0.161. The van der Waals surface area contributed by atoms with Gasteiger partial charge in [-0.2, -0.15) is 5.26 Å². The highest BCUT2D eigenvalue weighted by Gasteiger charge is 2.24. The second-order valence-corrected chi connectivity index (χ2v) is 6.11. The predicted molar refractivity (Wildman–Crippen MR) is 99.3 cm³/mol. The topological polar surface area (TPSA) is 101 Å². The van der Waals surface area contributed by atoms with Crippen LogP contribution in [-0.2, 0) is 16.6 Å². The molecule has 1 amide bonds. The Bertz CT molecular complexity index is 1100. The summed E-state index contributed by atoms with van der Waals surface area (Å²) in [5.41, 5.74) is 3.26. The summed E-state index contributed by atoms with van der Waals surface area (Å²) in [4.78, 5) is 23.8. The first-order chi connectivity index (χ1) is 12.9. The Morgan fingerprint density at radius 2 is 2.11 bits per heavy atom. The molecule has 0 fully saturated rings. The number of aromatic nitrogens is 3. The number of amides is 1.